The van der Waals surface area contributed by atoms with Crippen molar-refractivity contribution in [3.8, 4) is 0 Å². The molecule has 19 heavy (non-hydrogen) atoms. The van der Waals surface area contributed by atoms with Gasteiger partial charge in [0, 0.05) is 31.4 Å². The maximum absolute atomic E-state index is 12.3. The minimum atomic E-state index is -3.23. The van der Waals surface area contributed by atoms with Crippen LogP contribution in [0.15, 0.2) is 0 Å². The summed E-state index contributed by atoms with van der Waals surface area (Å²) in [6.07, 6.45) is 0.167. The topological polar surface area (TPSA) is 79.2 Å². The fourth-order valence-electron chi connectivity index (χ4n) is 1.40. The second-order valence-electron chi connectivity index (χ2n) is 3.67. The standard InChI is InChI=1S/C10H22Cl2NO5P/c11-1-8-17-19(16,18-9-2-12)10-5-13(3-6-14)4-7-15/h14-15H,1-10H2. The van der Waals surface area contributed by atoms with Gasteiger partial charge >= 0.3 is 7.60 Å². The summed E-state index contributed by atoms with van der Waals surface area (Å²) in [4.78, 5) is 1.78. The van der Waals surface area contributed by atoms with Crippen molar-refractivity contribution in [3.05, 3.63) is 0 Å². The molecule has 9 heteroatoms. The third-order valence-electron chi connectivity index (χ3n) is 2.25. The first-order valence-electron chi connectivity index (χ1n) is 6.06. The van der Waals surface area contributed by atoms with Crippen molar-refractivity contribution >= 4 is 30.8 Å². The molecule has 0 amide bonds. The smallest absolute Gasteiger partial charge is 0.332 e. The Bertz CT molecular complexity index is 242. The van der Waals surface area contributed by atoms with Crippen LogP contribution < -0.4 is 0 Å². The maximum Gasteiger partial charge on any atom is 0.332 e. The molecule has 6 nitrogen and oxygen atoms in total. The number of halogens is 2. The minimum absolute atomic E-state index is 0.0324. The molecule has 0 aromatic heterocycles. The van der Waals surface area contributed by atoms with E-state index in [0.717, 1.165) is 0 Å². The van der Waals surface area contributed by atoms with Crippen molar-refractivity contribution in [1.29, 1.82) is 0 Å². The van der Waals surface area contributed by atoms with Crippen molar-refractivity contribution < 1.29 is 23.8 Å². The molecule has 0 spiro atoms. The molecular weight excluding hydrogens is 316 g/mol. The molecule has 0 unspecified atom stereocenters. The van der Waals surface area contributed by atoms with E-state index >= 15 is 0 Å². The Morgan fingerprint density at radius 1 is 0.947 bits per heavy atom. The molecule has 0 atom stereocenters. The first-order valence-corrected chi connectivity index (χ1v) is 8.85. The van der Waals surface area contributed by atoms with Crippen LogP contribution in [0.4, 0.5) is 0 Å². The Labute approximate surface area is 124 Å². The van der Waals surface area contributed by atoms with Crippen molar-refractivity contribution in [2.24, 2.45) is 0 Å². The zero-order valence-electron chi connectivity index (χ0n) is 10.8. The highest BCUT2D eigenvalue weighted by atomic mass is 35.5. The highest BCUT2D eigenvalue weighted by Gasteiger charge is 2.25. The van der Waals surface area contributed by atoms with E-state index in [1.807, 2.05) is 0 Å². The zero-order chi connectivity index (χ0) is 14.6. The lowest BCUT2D eigenvalue weighted by molar-refractivity contribution is 0.161. The second-order valence-corrected chi connectivity index (χ2v) is 6.61. The summed E-state index contributed by atoms with van der Waals surface area (Å²) in [6, 6.07) is 0. The van der Waals surface area contributed by atoms with Gasteiger partial charge in [0.05, 0.1) is 32.6 Å². The Morgan fingerprint density at radius 2 is 1.42 bits per heavy atom. The van der Waals surface area contributed by atoms with Gasteiger partial charge < -0.3 is 19.3 Å². The van der Waals surface area contributed by atoms with Gasteiger partial charge in [0.25, 0.3) is 0 Å². The quantitative estimate of drug-likeness (QED) is 0.385. The summed E-state index contributed by atoms with van der Waals surface area (Å²) in [7, 11) is -3.23. The predicted octanol–water partition coefficient (Wildman–Crippen LogP) is 0.977. The maximum atomic E-state index is 12.3. The van der Waals surface area contributed by atoms with Gasteiger partial charge in [0.15, 0.2) is 0 Å². The number of hydrogen-bond donors (Lipinski definition) is 2. The molecule has 0 aliphatic heterocycles. The lowest BCUT2D eigenvalue weighted by atomic mass is 10.5. The molecule has 0 saturated carbocycles. The highest BCUT2D eigenvalue weighted by molar-refractivity contribution is 7.53. The fourth-order valence-corrected chi connectivity index (χ4v) is 3.36. The van der Waals surface area contributed by atoms with Gasteiger partial charge in [-0.05, 0) is 0 Å². The van der Waals surface area contributed by atoms with Crippen LogP contribution in [0.2, 0.25) is 0 Å². The van der Waals surface area contributed by atoms with Crippen molar-refractivity contribution in [2.75, 3.05) is 64.0 Å². The van der Waals surface area contributed by atoms with Gasteiger partial charge in [0.2, 0.25) is 0 Å². The first kappa shape index (κ1) is 19.6. The third-order valence-corrected chi connectivity index (χ3v) is 4.46. The molecule has 0 aliphatic carbocycles. The summed E-state index contributed by atoms with van der Waals surface area (Å²) in [5, 5.41) is 17.8. The van der Waals surface area contributed by atoms with E-state index in [9.17, 15) is 4.57 Å². The van der Waals surface area contributed by atoms with Crippen LogP contribution in [0.25, 0.3) is 0 Å². The molecule has 0 aromatic carbocycles. The van der Waals surface area contributed by atoms with Crippen LogP contribution in [0.3, 0.4) is 0 Å². The number of hydrogen-bond acceptors (Lipinski definition) is 6. The largest absolute Gasteiger partial charge is 0.395 e. The minimum Gasteiger partial charge on any atom is -0.395 e. The molecular formula is C10H22Cl2NO5P. The van der Waals surface area contributed by atoms with E-state index in [0.29, 0.717) is 19.6 Å². The predicted molar refractivity (Wildman–Crippen MR) is 76.4 cm³/mol. The van der Waals surface area contributed by atoms with Crippen LogP contribution in [0.1, 0.15) is 0 Å². The van der Waals surface area contributed by atoms with Crippen LogP contribution in [-0.2, 0) is 13.6 Å². The SMILES string of the molecule is O=P(CCN(CCO)CCO)(OCCCl)OCCCl. The molecule has 2 N–H and O–H groups in total. The highest BCUT2D eigenvalue weighted by Crippen LogP contribution is 2.47. The van der Waals surface area contributed by atoms with Crippen molar-refractivity contribution in [3.63, 3.8) is 0 Å². The summed E-state index contributed by atoms with van der Waals surface area (Å²) >= 11 is 11.0. The zero-order valence-corrected chi connectivity index (χ0v) is 13.2. The summed E-state index contributed by atoms with van der Waals surface area (Å²) in [5.41, 5.74) is 0. The summed E-state index contributed by atoms with van der Waals surface area (Å²) in [6.45, 7) is 1.40. The Morgan fingerprint density at radius 3 is 1.79 bits per heavy atom. The molecule has 0 heterocycles. The van der Waals surface area contributed by atoms with Crippen molar-refractivity contribution in [2.45, 2.75) is 0 Å². The molecule has 0 bridgehead atoms. The number of rotatable bonds is 13. The van der Waals surface area contributed by atoms with Gasteiger partial charge in [0.1, 0.15) is 0 Å². The number of aliphatic hydroxyl groups excluding tert-OH is 2. The van der Waals surface area contributed by atoms with Crippen LogP contribution >= 0.6 is 30.8 Å². The monoisotopic (exact) mass is 337 g/mol. The summed E-state index contributed by atoms with van der Waals surface area (Å²) < 4.78 is 22.7. The normalized spacial score (nSPS) is 12.3. The van der Waals surface area contributed by atoms with Crippen LogP contribution in [0.5, 0.6) is 0 Å². The van der Waals surface area contributed by atoms with Gasteiger partial charge in [-0.25, -0.2) is 0 Å². The van der Waals surface area contributed by atoms with E-state index in [2.05, 4.69) is 0 Å². The molecule has 0 aliphatic rings. The van der Waals surface area contributed by atoms with Gasteiger partial charge in [-0.3, -0.25) is 9.46 Å². The summed E-state index contributed by atoms with van der Waals surface area (Å²) in [5.74, 6) is 0.455. The van der Waals surface area contributed by atoms with E-state index in [4.69, 9.17) is 42.5 Å². The van der Waals surface area contributed by atoms with Crippen LogP contribution in [-0.4, -0.2) is 79.1 Å². The van der Waals surface area contributed by atoms with Gasteiger partial charge in [-0.1, -0.05) is 0 Å². The molecule has 0 aromatic rings. The molecule has 0 rings (SSSR count). The lowest BCUT2D eigenvalue weighted by Crippen LogP contribution is -2.32. The number of aliphatic hydroxyl groups is 2. The fraction of sp³-hybridized carbons (Fsp3) is 1.00. The molecule has 116 valence electrons. The van der Waals surface area contributed by atoms with Gasteiger partial charge in [-0.15, -0.1) is 23.2 Å². The lowest BCUT2D eigenvalue weighted by Gasteiger charge is -2.23. The third kappa shape index (κ3) is 10.0. The Balaban J connectivity index is 4.31. The van der Waals surface area contributed by atoms with Crippen LogP contribution in [0, 0.1) is 0 Å². The molecule has 0 fully saturated rings. The number of alkyl halides is 2. The molecule has 0 saturated heterocycles. The van der Waals surface area contributed by atoms with E-state index in [1.54, 1.807) is 4.90 Å². The number of nitrogens with zero attached hydrogens (tertiary/aromatic N) is 1. The van der Waals surface area contributed by atoms with E-state index < -0.39 is 7.60 Å². The average molecular weight is 338 g/mol. The Kier molecular flexibility index (Phi) is 12.8. The second kappa shape index (κ2) is 12.4. The average Bonchev–Trinajstić information content (AvgIpc) is 2.41. The Hall–Kier alpha value is 0.610. The van der Waals surface area contributed by atoms with Gasteiger partial charge in [-0.2, -0.15) is 0 Å². The van der Waals surface area contributed by atoms with E-state index in [-0.39, 0.29) is 44.3 Å². The van der Waals surface area contributed by atoms with E-state index in [1.165, 1.54) is 0 Å². The first-order chi connectivity index (χ1) is 9.11. The molecule has 0 radical (unpaired) electrons. The van der Waals surface area contributed by atoms with Crippen molar-refractivity contribution in [1.82, 2.24) is 4.90 Å².